The van der Waals surface area contributed by atoms with E-state index in [2.05, 4.69) is 34.6 Å². The second-order valence-corrected chi connectivity index (χ2v) is 5.49. The van der Waals surface area contributed by atoms with Gasteiger partial charge in [-0.3, -0.25) is 0 Å². The molecule has 1 aromatic rings. The summed E-state index contributed by atoms with van der Waals surface area (Å²) in [6.07, 6.45) is 0. The van der Waals surface area contributed by atoms with Gasteiger partial charge in [0.2, 0.25) is 0 Å². The molecule has 2 N–H and O–H groups in total. The van der Waals surface area contributed by atoms with Gasteiger partial charge >= 0.3 is 0 Å². The van der Waals surface area contributed by atoms with E-state index in [0.717, 1.165) is 11.5 Å². The molecule has 0 bridgehead atoms. The first kappa shape index (κ1) is 12.3. The monoisotopic (exact) mass is 209 g/mol. The summed E-state index contributed by atoms with van der Waals surface area (Å²) in [5.41, 5.74) is 8.37. The number of rotatable bonds is 2. The van der Waals surface area contributed by atoms with E-state index >= 15 is 0 Å². The van der Waals surface area contributed by atoms with Gasteiger partial charge in [0.1, 0.15) is 11.5 Å². The second kappa shape index (κ2) is 4.01. The minimum absolute atomic E-state index is 0.0343. The maximum Gasteiger partial charge on any atom is 0.114 e. The van der Waals surface area contributed by atoms with Crippen LogP contribution in [0.25, 0.3) is 0 Å². The van der Waals surface area contributed by atoms with Crippen molar-refractivity contribution in [3.8, 4) is 0 Å². The van der Waals surface area contributed by atoms with E-state index in [1.54, 1.807) is 0 Å². The van der Waals surface area contributed by atoms with E-state index in [0.29, 0.717) is 12.5 Å². The Hall–Kier alpha value is -0.760. The first-order valence-electron chi connectivity index (χ1n) is 5.61. The Morgan fingerprint density at radius 3 is 2.13 bits per heavy atom. The Morgan fingerprint density at radius 2 is 1.80 bits per heavy atom. The zero-order valence-corrected chi connectivity index (χ0v) is 10.8. The van der Waals surface area contributed by atoms with Crippen molar-refractivity contribution >= 4 is 0 Å². The Labute approximate surface area is 92.9 Å². The molecule has 2 nitrogen and oxygen atoms in total. The topological polar surface area (TPSA) is 39.2 Å². The molecule has 0 amide bonds. The number of nitrogens with two attached hydrogens (primary N) is 1. The number of hydrogen-bond acceptors (Lipinski definition) is 2. The van der Waals surface area contributed by atoms with Crippen molar-refractivity contribution in [3.05, 3.63) is 22.6 Å². The van der Waals surface area contributed by atoms with Crippen molar-refractivity contribution in [2.24, 2.45) is 5.73 Å². The van der Waals surface area contributed by atoms with E-state index in [1.165, 1.54) is 11.1 Å². The number of hydrogen-bond donors (Lipinski definition) is 1. The lowest BCUT2D eigenvalue weighted by Gasteiger charge is -2.17. The third-order valence-corrected chi connectivity index (χ3v) is 2.70. The molecule has 0 aliphatic heterocycles. The third-order valence-electron chi connectivity index (χ3n) is 2.70. The van der Waals surface area contributed by atoms with Crippen LogP contribution >= 0.6 is 0 Å². The van der Waals surface area contributed by atoms with Gasteiger partial charge in [0.25, 0.3) is 0 Å². The van der Waals surface area contributed by atoms with Gasteiger partial charge in [0.15, 0.2) is 0 Å². The van der Waals surface area contributed by atoms with Crippen LogP contribution in [0.5, 0.6) is 0 Å². The summed E-state index contributed by atoms with van der Waals surface area (Å²) in [6.45, 7) is 13.5. The second-order valence-electron chi connectivity index (χ2n) is 5.49. The highest BCUT2D eigenvalue weighted by atomic mass is 16.3. The van der Waals surface area contributed by atoms with Crippen LogP contribution in [0.2, 0.25) is 0 Å². The lowest BCUT2D eigenvalue weighted by Crippen LogP contribution is -2.15. The van der Waals surface area contributed by atoms with Gasteiger partial charge < -0.3 is 10.2 Å². The van der Waals surface area contributed by atoms with Crippen LogP contribution in [0, 0.1) is 6.92 Å². The molecule has 0 aromatic carbocycles. The quantitative estimate of drug-likeness (QED) is 0.810. The summed E-state index contributed by atoms with van der Waals surface area (Å²) in [6, 6.07) is 0. The molecule has 0 aliphatic carbocycles. The van der Waals surface area contributed by atoms with Gasteiger partial charge in [0, 0.05) is 23.1 Å². The number of aryl methyl sites for hydroxylation is 1. The minimum Gasteiger partial charge on any atom is -0.465 e. The Balaban J connectivity index is 3.38. The molecule has 0 spiro atoms. The van der Waals surface area contributed by atoms with Crippen LogP contribution in [0.1, 0.15) is 63.2 Å². The first-order chi connectivity index (χ1) is 6.79. The van der Waals surface area contributed by atoms with E-state index in [-0.39, 0.29) is 5.41 Å². The SMILES string of the molecule is Cc1oc(C(C)(C)C)c(CN)c1C(C)C. The van der Waals surface area contributed by atoms with Crippen molar-refractivity contribution in [1.29, 1.82) is 0 Å². The maximum absolute atomic E-state index is 5.88. The Kier molecular flexibility index (Phi) is 3.29. The average Bonchev–Trinajstić information content (AvgIpc) is 2.41. The fourth-order valence-electron chi connectivity index (χ4n) is 2.17. The molecule has 0 saturated heterocycles. The molecule has 1 rings (SSSR count). The van der Waals surface area contributed by atoms with Crippen LogP contribution in [-0.2, 0) is 12.0 Å². The fraction of sp³-hybridized carbons (Fsp3) is 0.692. The summed E-state index contributed by atoms with van der Waals surface area (Å²) in [5.74, 6) is 2.55. The van der Waals surface area contributed by atoms with Crippen molar-refractivity contribution in [2.45, 2.75) is 59.4 Å². The van der Waals surface area contributed by atoms with Crippen molar-refractivity contribution in [1.82, 2.24) is 0 Å². The highest BCUT2D eigenvalue weighted by Crippen LogP contribution is 2.35. The van der Waals surface area contributed by atoms with Crippen LogP contribution in [-0.4, -0.2) is 0 Å². The van der Waals surface area contributed by atoms with Crippen molar-refractivity contribution < 1.29 is 4.42 Å². The van der Waals surface area contributed by atoms with Gasteiger partial charge in [-0.05, 0) is 12.8 Å². The predicted molar refractivity (Wildman–Crippen MR) is 64.1 cm³/mol. The summed E-state index contributed by atoms with van der Waals surface area (Å²) >= 11 is 0. The average molecular weight is 209 g/mol. The summed E-state index contributed by atoms with van der Waals surface area (Å²) in [7, 11) is 0. The molecular weight excluding hydrogens is 186 g/mol. The summed E-state index contributed by atoms with van der Waals surface area (Å²) < 4.78 is 5.88. The maximum atomic E-state index is 5.88. The van der Waals surface area contributed by atoms with Crippen LogP contribution < -0.4 is 5.73 Å². The van der Waals surface area contributed by atoms with E-state index in [9.17, 15) is 0 Å². The molecule has 0 atom stereocenters. The molecule has 1 heterocycles. The Morgan fingerprint density at radius 1 is 1.27 bits per heavy atom. The lowest BCUT2D eigenvalue weighted by molar-refractivity contribution is 0.390. The summed E-state index contributed by atoms with van der Waals surface area (Å²) in [4.78, 5) is 0. The highest BCUT2D eigenvalue weighted by Gasteiger charge is 2.26. The van der Waals surface area contributed by atoms with Crippen LogP contribution in [0.15, 0.2) is 4.42 Å². The molecule has 0 unspecified atom stereocenters. The third kappa shape index (κ3) is 2.25. The Bertz CT molecular complexity index is 342. The number of furan rings is 1. The van der Waals surface area contributed by atoms with E-state index in [1.807, 2.05) is 6.92 Å². The molecule has 1 aromatic heterocycles. The molecule has 86 valence electrons. The fourth-order valence-corrected chi connectivity index (χ4v) is 2.17. The zero-order chi connectivity index (χ0) is 11.8. The zero-order valence-electron chi connectivity index (χ0n) is 10.8. The molecule has 0 radical (unpaired) electrons. The van der Waals surface area contributed by atoms with Gasteiger partial charge in [-0.2, -0.15) is 0 Å². The normalized spacial score (nSPS) is 12.5. The van der Waals surface area contributed by atoms with Crippen LogP contribution in [0.3, 0.4) is 0 Å². The molecular formula is C13H23NO. The van der Waals surface area contributed by atoms with Gasteiger partial charge in [-0.1, -0.05) is 34.6 Å². The largest absolute Gasteiger partial charge is 0.465 e. The molecule has 0 aliphatic rings. The molecule has 0 fully saturated rings. The first-order valence-corrected chi connectivity index (χ1v) is 5.61. The molecule has 0 saturated carbocycles. The molecule has 2 heteroatoms. The lowest BCUT2D eigenvalue weighted by atomic mass is 9.87. The van der Waals surface area contributed by atoms with Crippen LogP contribution in [0.4, 0.5) is 0 Å². The highest BCUT2D eigenvalue weighted by molar-refractivity contribution is 5.38. The summed E-state index contributed by atoms with van der Waals surface area (Å²) in [5, 5.41) is 0. The van der Waals surface area contributed by atoms with Crippen molar-refractivity contribution in [2.75, 3.05) is 0 Å². The van der Waals surface area contributed by atoms with Crippen molar-refractivity contribution in [3.63, 3.8) is 0 Å². The standard InChI is InChI=1S/C13H23NO/c1-8(2)11-9(3)15-12(10(11)7-14)13(4,5)6/h8H,7,14H2,1-6H3. The molecule has 15 heavy (non-hydrogen) atoms. The van der Waals surface area contributed by atoms with E-state index in [4.69, 9.17) is 10.2 Å². The smallest absolute Gasteiger partial charge is 0.114 e. The minimum atomic E-state index is 0.0343. The van der Waals surface area contributed by atoms with E-state index < -0.39 is 0 Å². The van der Waals surface area contributed by atoms with Gasteiger partial charge in [-0.25, -0.2) is 0 Å². The van der Waals surface area contributed by atoms with Gasteiger partial charge in [0.05, 0.1) is 0 Å². The van der Waals surface area contributed by atoms with Gasteiger partial charge in [-0.15, -0.1) is 0 Å². The predicted octanol–water partition coefficient (Wildman–Crippen LogP) is 3.47.